The minimum atomic E-state index is 0.577. The zero-order valence-electron chi connectivity index (χ0n) is 36.1. The summed E-state index contributed by atoms with van der Waals surface area (Å²) in [7, 11) is 0. The quantitative estimate of drug-likeness (QED) is 0.147. The number of rotatable bonds is 10. The summed E-state index contributed by atoms with van der Waals surface area (Å²) in [5.74, 6) is 2.63. The molecule has 0 saturated heterocycles. The SMILES string of the molecule is c1ccc(-c2nc(-c3ccccc3)nc(-c3cccc(Nc4ccc5c6ccccc6n(-c6ccccc6-c6ccccn6)c5c4-c4cnc(-c5ccccc5)n4-c4ccccc4)c3)n2)cc1. The van der Waals surface area contributed by atoms with Gasteiger partial charge in [-0.05, 0) is 54.6 Å². The van der Waals surface area contributed by atoms with E-state index in [1.54, 1.807) is 0 Å². The van der Waals surface area contributed by atoms with Crippen molar-refractivity contribution in [2.75, 3.05) is 5.32 Å². The Morgan fingerprint density at radius 2 is 1.01 bits per heavy atom. The van der Waals surface area contributed by atoms with Crippen molar-refractivity contribution < 1.29 is 0 Å². The van der Waals surface area contributed by atoms with Crippen LogP contribution in [-0.2, 0) is 0 Å². The van der Waals surface area contributed by atoms with E-state index in [0.29, 0.717) is 17.5 Å². The van der Waals surface area contributed by atoms with Crippen LogP contribution in [0.3, 0.4) is 0 Å². The first-order valence-corrected chi connectivity index (χ1v) is 22.3. The summed E-state index contributed by atoms with van der Waals surface area (Å²) in [6, 6.07) is 77.0. The number of para-hydroxylation sites is 3. The van der Waals surface area contributed by atoms with Gasteiger partial charge in [0.15, 0.2) is 17.5 Å². The third-order valence-electron chi connectivity index (χ3n) is 12.1. The zero-order chi connectivity index (χ0) is 44.5. The molecule has 4 aromatic heterocycles. The van der Waals surface area contributed by atoms with Gasteiger partial charge in [-0.25, -0.2) is 19.9 Å². The van der Waals surface area contributed by atoms with E-state index < -0.39 is 0 Å². The fourth-order valence-corrected chi connectivity index (χ4v) is 9.07. The van der Waals surface area contributed by atoms with E-state index >= 15 is 0 Å². The Hall–Kier alpha value is -9.27. The second-order valence-electron chi connectivity index (χ2n) is 16.2. The Morgan fingerprint density at radius 3 is 1.72 bits per heavy atom. The minimum absolute atomic E-state index is 0.577. The van der Waals surface area contributed by atoms with Crippen LogP contribution in [0.5, 0.6) is 0 Å². The lowest BCUT2D eigenvalue weighted by Crippen LogP contribution is -2.05. The van der Waals surface area contributed by atoms with Gasteiger partial charge in [-0.15, -0.1) is 0 Å². The number of nitrogens with zero attached hydrogens (tertiary/aromatic N) is 7. The van der Waals surface area contributed by atoms with Gasteiger partial charge in [-0.1, -0.05) is 170 Å². The molecule has 0 aliphatic heterocycles. The summed E-state index contributed by atoms with van der Waals surface area (Å²) >= 11 is 0. The van der Waals surface area contributed by atoms with E-state index in [2.05, 4.69) is 148 Å². The lowest BCUT2D eigenvalue weighted by Gasteiger charge is -2.20. The second kappa shape index (κ2) is 17.0. The van der Waals surface area contributed by atoms with Crippen LogP contribution >= 0.6 is 0 Å². The normalized spacial score (nSPS) is 11.3. The Bertz CT molecular complexity index is 3640. The minimum Gasteiger partial charge on any atom is -0.355 e. The van der Waals surface area contributed by atoms with Crippen molar-refractivity contribution in [2.24, 2.45) is 0 Å². The third kappa shape index (κ3) is 7.28. The summed E-state index contributed by atoms with van der Waals surface area (Å²) in [6.07, 6.45) is 3.87. The van der Waals surface area contributed by atoms with Gasteiger partial charge in [0.25, 0.3) is 0 Å². The molecule has 0 atom stereocenters. The average molecular weight is 861 g/mol. The van der Waals surface area contributed by atoms with Gasteiger partial charge in [0.1, 0.15) is 5.82 Å². The highest BCUT2D eigenvalue weighted by molar-refractivity contribution is 6.16. The van der Waals surface area contributed by atoms with E-state index in [1.165, 1.54) is 0 Å². The first kappa shape index (κ1) is 39.3. The Morgan fingerprint density at radius 1 is 0.418 bits per heavy atom. The van der Waals surface area contributed by atoms with E-state index in [-0.39, 0.29) is 0 Å². The number of anilines is 2. The van der Waals surface area contributed by atoms with E-state index in [1.807, 2.05) is 103 Å². The molecule has 0 radical (unpaired) electrons. The highest BCUT2D eigenvalue weighted by atomic mass is 15.1. The summed E-state index contributed by atoms with van der Waals surface area (Å²) < 4.78 is 4.68. The van der Waals surface area contributed by atoms with Crippen molar-refractivity contribution in [3.05, 3.63) is 237 Å². The predicted octanol–water partition coefficient (Wildman–Crippen LogP) is 14.3. The highest BCUT2D eigenvalue weighted by Gasteiger charge is 2.26. The maximum absolute atomic E-state index is 5.23. The van der Waals surface area contributed by atoms with Crippen LogP contribution in [0.25, 0.3) is 101 Å². The van der Waals surface area contributed by atoms with Crippen LogP contribution in [0.15, 0.2) is 237 Å². The molecule has 0 saturated carbocycles. The van der Waals surface area contributed by atoms with Gasteiger partial charge in [-0.3, -0.25) is 9.55 Å². The lowest BCUT2D eigenvalue weighted by molar-refractivity contribution is 1.07. The maximum Gasteiger partial charge on any atom is 0.164 e. The summed E-state index contributed by atoms with van der Waals surface area (Å²) in [6.45, 7) is 0. The Kier molecular flexibility index (Phi) is 9.99. The van der Waals surface area contributed by atoms with Gasteiger partial charge < -0.3 is 9.88 Å². The smallest absolute Gasteiger partial charge is 0.164 e. The van der Waals surface area contributed by atoms with Crippen molar-refractivity contribution in [1.82, 2.24) is 34.1 Å². The predicted molar refractivity (Wildman–Crippen MR) is 271 cm³/mol. The van der Waals surface area contributed by atoms with Crippen LogP contribution < -0.4 is 5.32 Å². The van der Waals surface area contributed by atoms with Gasteiger partial charge >= 0.3 is 0 Å². The van der Waals surface area contributed by atoms with Crippen molar-refractivity contribution in [3.8, 4) is 79.4 Å². The molecule has 12 aromatic rings. The topological polar surface area (TPSA) is 86.3 Å². The number of aromatic nitrogens is 7. The van der Waals surface area contributed by atoms with E-state index in [0.717, 1.165) is 95.1 Å². The molecule has 12 rings (SSSR count). The lowest BCUT2D eigenvalue weighted by atomic mass is 10.0. The standard InChI is InChI=1S/C59H40N8/c1-5-20-40(21-6-1)56-63-57(41-22-7-2-8-23-41)65-58(64-56)43-26-19-27-44(38-43)62-50-36-35-47-46-30-13-15-33-51(46)67(52-34-16-14-31-48(52)49-32-17-18-37-60-49)55(47)54(50)53-39-61-59(42-24-9-3-10-25-42)66(53)45-28-11-4-12-29-45/h1-39,62H. The van der Waals surface area contributed by atoms with Crippen LogP contribution in [0.4, 0.5) is 11.4 Å². The Balaban J connectivity index is 1.11. The zero-order valence-corrected chi connectivity index (χ0v) is 36.1. The van der Waals surface area contributed by atoms with Crippen molar-refractivity contribution in [1.29, 1.82) is 0 Å². The van der Waals surface area contributed by atoms with Gasteiger partial charge in [0.2, 0.25) is 0 Å². The average Bonchev–Trinajstić information content (AvgIpc) is 4.00. The third-order valence-corrected chi connectivity index (χ3v) is 12.1. The molecule has 67 heavy (non-hydrogen) atoms. The number of hydrogen-bond donors (Lipinski definition) is 1. The number of fused-ring (bicyclic) bond motifs is 3. The first-order chi connectivity index (χ1) is 33.2. The summed E-state index contributed by atoms with van der Waals surface area (Å²) in [5, 5.41) is 6.17. The number of benzene rings is 8. The fourth-order valence-electron chi connectivity index (χ4n) is 9.07. The molecule has 0 fully saturated rings. The van der Waals surface area contributed by atoms with E-state index in [4.69, 9.17) is 24.9 Å². The maximum atomic E-state index is 5.23. The molecule has 0 unspecified atom stereocenters. The highest BCUT2D eigenvalue weighted by Crippen LogP contribution is 2.46. The van der Waals surface area contributed by atoms with Crippen molar-refractivity contribution in [2.45, 2.75) is 0 Å². The number of hydrogen-bond acceptors (Lipinski definition) is 6. The molecular weight excluding hydrogens is 821 g/mol. The first-order valence-electron chi connectivity index (χ1n) is 22.3. The largest absolute Gasteiger partial charge is 0.355 e. The molecule has 0 aliphatic rings. The van der Waals surface area contributed by atoms with Gasteiger partial charge in [0, 0.05) is 61.7 Å². The van der Waals surface area contributed by atoms with Crippen molar-refractivity contribution >= 4 is 33.2 Å². The molecule has 0 aliphatic carbocycles. The molecule has 316 valence electrons. The second-order valence-corrected chi connectivity index (χ2v) is 16.2. The van der Waals surface area contributed by atoms with Crippen LogP contribution in [0.1, 0.15) is 0 Å². The molecular formula is C59H40N8. The molecule has 8 heteroatoms. The summed E-state index contributed by atoms with van der Waals surface area (Å²) in [5.41, 5.74) is 13.4. The molecule has 8 aromatic carbocycles. The molecule has 0 amide bonds. The molecule has 8 nitrogen and oxygen atoms in total. The van der Waals surface area contributed by atoms with Crippen LogP contribution in [0.2, 0.25) is 0 Å². The Labute approximate surface area is 387 Å². The number of nitrogens with one attached hydrogen (secondary N) is 1. The molecule has 0 spiro atoms. The molecule has 1 N–H and O–H groups in total. The van der Waals surface area contributed by atoms with Gasteiger partial charge in [-0.2, -0.15) is 0 Å². The fraction of sp³-hybridized carbons (Fsp3) is 0. The van der Waals surface area contributed by atoms with E-state index in [9.17, 15) is 0 Å². The molecule has 4 heterocycles. The number of pyridine rings is 1. The van der Waals surface area contributed by atoms with Crippen LogP contribution in [0, 0.1) is 0 Å². The molecule has 0 bridgehead atoms. The van der Waals surface area contributed by atoms with Crippen molar-refractivity contribution in [3.63, 3.8) is 0 Å². The van der Waals surface area contributed by atoms with Gasteiger partial charge in [0.05, 0.1) is 40.0 Å². The monoisotopic (exact) mass is 860 g/mol. The summed E-state index contributed by atoms with van der Waals surface area (Å²) in [4.78, 5) is 25.1. The van der Waals surface area contributed by atoms with Crippen LogP contribution in [-0.4, -0.2) is 34.1 Å². The number of imidazole rings is 1.